The zero-order chi connectivity index (χ0) is 9.68. The molecule has 0 spiro atoms. The van der Waals surface area contributed by atoms with Crippen LogP contribution in [0.1, 0.15) is 5.56 Å². The predicted octanol–water partition coefficient (Wildman–Crippen LogP) is 2.18. The van der Waals surface area contributed by atoms with Gasteiger partial charge in [0, 0.05) is 5.56 Å². The van der Waals surface area contributed by atoms with Gasteiger partial charge in [0.1, 0.15) is 19.0 Å². The molecule has 0 aliphatic carbocycles. The van der Waals surface area contributed by atoms with Gasteiger partial charge in [-0.25, -0.2) is 4.39 Å². The molecule has 0 saturated heterocycles. The van der Waals surface area contributed by atoms with Crippen LogP contribution < -0.4 is 4.74 Å². The first kappa shape index (κ1) is 10.3. The van der Waals surface area contributed by atoms with Crippen LogP contribution in [0.4, 0.5) is 4.39 Å². The quantitative estimate of drug-likeness (QED) is 0.815. The summed E-state index contributed by atoms with van der Waals surface area (Å²) < 4.78 is 16.9. The zero-order valence-corrected chi connectivity index (χ0v) is 7.72. The molecule has 0 unspecified atom stereocenters. The van der Waals surface area contributed by atoms with E-state index in [0.29, 0.717) is 16.3 Å². The molecule has 0 atom stereocenters. The van der Waals surface area contributed by atoms with Crippen LogP contribution in [0.25, 0.3) is 0 Å². The highest BCUT2D eigenvalue weighted by Crippen LogP contribution is 2.28. The van der Waals surface area contributed by atoms with Crippen LogP contribution in [0.5, 0.6) is 5.75 Å². The fourth-order valence-electron chi connectivity index (χ4n) is 0.980. The fraction of sp³-hybridized carbons (Fsp3) is 0.333. The number of aliphatic hydroxyl groups excluding tert-OH is 1. The van der Waals surface area contributed by atoms with E-state index in [0.717, 1.165) is 0 Å². The largest absolute Gasteiger partial charge is 0.489 e. The number of halogens is 2. The first-order chi connectivity index (χ1) is 6.29. The van der Waals surface area contributed by atoms with Gasteiger partial charge >= 0.3 is 0 Å². The SMILES string of the molecule is OCc1cccc(Cl)c1OCCF. The lowest BCUT2D eigenvalue weighted by Crippen LogP contribution is -2.02. The lowest BCUT2D eigenvalue weighted by Gasteiger charge is -2.09. The van der Waals surface area contributed by atoms with Gasteiger partial charge in [0.25, 0.3) is 0 Å². The van der Waals surface area contributed by atoms with Gasteiger partial charge in [0.2, 0.25) is 0 Å². The summed E-state index contributed by atoms with van der Waals surface area (Å²) in [5.41, 5.74) is 0.570. The smallest absolute Gasteiger partial charge is 0.143 e. The summed E-state index contributed by atoms with van der Waals surface area (Å²) in [7, 11) is 0. The second kappa shape index (κ2) is 5.04. The van der Waals surface area contributed by atoms with Gasteiger partial charge in [0.05, 0.1) is 11.6 Å². The normalized spacial score (nSPS) is 10.1. The van der Waals surface area contributed by atoms with E-state index < -0.39 is 6.67 Å². The van der Waals surface area contributed by atoms with Crippen molar-refractivity contribution in [2.24, 2.45) is 0 Å². The van der Waals surface area contributed by atoms with Crippen LogP contribution in [0, 0.1) is 0 Å². The molecule has 1 rings (SSSR count). The molecule has 0 aromatic heterocycles. The Bertz CT molecular complexity index is 278. The topological polar surface area (TPSA) is 29.5 Å². The monoisotopic (exact) mass is 204 g/mol. The second-order valence-corrected chi connectivity index (χ2v) is 2.83. The van der Waals surface area contributed by atoms with Gasteiger partial charge in [0.15, 0.2) is 0 Å². The van der Waals surface area contributed by atoms with E-state index in [4.69, 9.17) is 21.4 Å². The minimum absolute atomic E-state index is 0.0449. The maximum absolute atomic E-state index is 11.8. The molecule has 0 heterocycles. The summed E-state index contributed by atoms with van der Waals surface area (Å²) in [4.78, 5) is 0. The Kier molecular flexibility index (Phi) is 3.99. The van der Waals surface area contributed by atoms with Crippen LogP contribution in [0.3, 0.4) is 0 Å². The molecule has 0 saturated carbocycles. The minimum atomic E-state index is -0.573. The maximum Gasteiger partial charge on any atom is 0.143 e. The Hall–Kier alpha value is -0.800. The lowest BCUT2D eigenvalue weighted by molar-refractivity contribution is 0.248. The van der Waals surface area contributed by atoms with Gasteiger partial charge in [-0.2, -0.15) is 0 Å². The van der Waals surface area contributed by atoms with Crippen LogP contribution >= 0.6 is 11.6 Å². The number of aliphatic hydroxyl groups is 1. The summed E-state index contributed by atoms with van der Waals surface area (Å²) in [6.07, 6.45) is 0. The molecule has 0 aliphatic heterocycles. The van der Waals surface area contributed by atoms with Crippen molar-refractivity contribution < 1.29 is 14.2 Å². The Morgan fingerprint density at radius 3 is 2.85 bits per heavy atom. The van der Waals surface area contributed by atoms with Gasteiger partial charge < -0.3 is 9.84 Å². The average molecular weight is 205 g/mol. The number of alkyl halides is 1. The number of ether oxygens (including phenoxy) is 1. The van der Waals surface area contributed by atoms with Crippen molar-refractivity contribution in [3.8, 4) is 5.75 Å². The second-order valence-electron chi connectivity index (χ2n) is 2.42. The fourth-order valence-corrected chi connectivity index (χ4v) is 1.23. The molecule has 72 valence electrons. The van der Waals surface area contributed by atoms with Crippen molar-refractivity contribution in [2.45, 2.75) is 6.61 Å². The third-order valence-corrected chi connectivity index (χ3v) is 1.84. The highest BCUT2D eigenvalue weighted by Gasteiger charge is 2.06. The van der Waals surface area contributed by atoms with Crippen molar-refractivity contribution in [1.82, 2.24) is 0 Å². The Morgan fingerprint density at radius 2 is 2.23 bits per heavy atom. The molecule has 1 aromatic carbocycles. The Balaban J connectivity index is 2.87. The lowest BCUT2D eigenvalue weighted by atomic mass is 10.2. The number of hydrogen-bond acceptors (Lipinski definition) is 2. The summed E-state index contributed by atoms with van der Waals surface area (Å²) in [5.74, 6) is 0.365. The Labute approximate surface area is 80.9 Å². The highest BCUT2D eigenvalue weighted by atomic mass is 35.5. The molecule has 0 bridgehead atoms. The zero-order valence-electron chi connectivity index (χ0n) is 6.96. The Morgan fingerprint density at radius 1 is 1.46 bits per heavy atom. The van der Waals surface area contributed by atoms with E-state index in [9.17, 15) is 4.39 Å². The van der Waals surface area contributed by atoms with Crippen molar-refractivity contribution in [1.29, 1.82) is 0 Å². The van der Waals surface area contributed by atoms with Crippen molar-refractivity contribution in [3.05, 3.63) is 28.8 Å². The van der Waals surface area contributed by atoms with Crippen molar-refractivity contribution in [3.63, 3.8) is 0 Å². The van der Waals surface area contributed by atoms with E-state index in [-0.39, 0.29) is 13.2 Å². The maximum atomic E-state index is 11.8. The molecule has 4 heteroatoms. The van der Waals surface area contributed by atoms with Crippen molar-refractivity contribution in [2.75, 3.05) is 13.3 Å². The van der Waals surface area contributed by atoms with Crippen LogP contribution in [0.2, 0.25) is 5.02 Å². The molecule has 0 amide bonds. The van der Waals surface area contributed by atoms with E-state index >= 15 is 0 Å². The molecule has 0 fully saturated rings. The highest BCUT2D eigenvalue weighted by molar-refractivity contribution is 6.32. The third kappa shape index (κ3) is 2.57. The molecular weight excluding hydrogens is 195 g/mol. The molecule has 13 heavy (non-hydrogen) atoms. The van der Waals surface area contributed by atoms with Crippen LogP contribution in [-0.2, 0) is 6.61 Å². The van der Waals surface area contributed by atoms with Crippen molar-refractivity contribution >= 4 is 11.6 Å². The van der Waals surface area contributed by atoms with E-state index in [1.807, 2.05) is 0 Å². The molecule has 2 nitrogen and oxygen atoms in total. The van der Waals surface area contributed by atoms with Crippen LogP contribution in [0.15, 0.2) is 18.2 Å². The van der Waals surface area contributed by atoms with E-state index in [1.165, 1.54) is 0 Å². The molecule has 1 aromatic rings. The first-order valence-corrected chi connectivity index (χ1v) is 4.24. The van der Waals surface area contributed by atoms with Crippen LogP contribution in [-0.4, -0.2) is 18.4 Å². The number of rotatable bonds is 4. The van der Waals surface area contributed by atoms with Gasteiger partial charge in [-0.3, -0.25) is 0 Å². The summed E-state index contributed by atoms with van der Waals surface area (Å²) in [5, 5.41) is 9.30. The predicted molar refractivity (Wildman–Crippen MR) is 48.8 cm³/mol. The summed E-state index contributed by atoms with van der Waals surface area (Å²) in [6, 6.07) is 5.02. The summed E-state index contributed by atoms with van der Waals surface area (Å²) >= 11 is 5.79. The summed E-state index contributed by atoms with van der Waals surface area (Å²) in [6.45, 7) is -0.783. The van der Waals surface area contributed by atoms with Gasteiger partial charge in [-0.15, -0.1) is 0 Å². The molecule has 0 aliphatic rings. The van der Waals surface area contributed by atoms with E-state index in [2.05, 4.69) is 0 Å². The number of benzene rings is 1. The minimum Gasteiger partial charge on any atom is -0.489 e. The average Bonchev–Trinajstić information content (AvgIpc) is 2.15. The third-order valence-electron chi connectivity index (χ3n) is 1.54. The van der Waals surface area contributed by atoms with Gasteiger partial charge in [-0.1, -0.05) is 23.7 Å². The molecular formula is C9H10ClFO2. The number of hydrogen-bond donors (Lipinski definition) is 1. The molecule has 0 radical (unpaired) electrons. The molecule has 1 N–H and O–H groups in total. The number of para-hydroxylation sites is 1. The van der Waals surface area contributed by atoms with Gasteiger partial charge in [-0.05, 0) is 6.07 Å². The first-order valence-electron chi connectivity index (χ1n) is 3.86. The van der Waals surface area contributed by atoms with E-state index in [1.54, 1.807) is 18.2 Å². The standard InChI is InChI=1S/C9H10ClFO2/c10-8-3-1-2-7(6-12)9(8)13-5-4-11/h1-3,12H,4-6H2.